The first-order valence-corrected chi connectivity index (χ1v) is 7.65. The fourth-order valence-electron chi connectivity index (χ4n) is 3.12. The van der Waals surface area contributed by atoms with Crippen LogP contribution in [0.5, 0.6) is 5.75 Å². The summed E-state index contributed by atoms with van der Waals surface area (Å²) in [4.78, 5) is 25.8. The number of terminal acetylenes is 1. The minimum Gasteiger partial charge on any atom is -0.507 e. The van der Waals surface area contributed by atoms with Gasteiger partial charge in [-0.3, -0.25) is 9.59 Å². The molecule has 1 aliphatic rings. The molecule has 0 fully saturated rings. The van der Waals surface area contributed by atoms with Crippen molar-refractivity contribution in [2.75, 3.05) is 20.5 Å². The van der Waals surface area contributed by atoms with E-state index in [0.717, 1.165) is 0 Å². The third-order valence-electron chi connectivity index (χ3n) is 4.52. The maximum Gasteiger partial charge on any atom is 0.228 e. The van der Waals surface area contributed by atoms with Gasteiger partial charge in [0.25, 0.3) is 0 Å². The SMILES string of the molecule is C#C[C@]1(O)C(=O)c2c(cc3ccccc3c2O)C(=O)[C@]1(O)COCOC. The molecule has 134 valence electrons. The van der Waals surface area contributed by atoms with Gasteiger partial charge in [-0.2, -0.15) is 0 Å². The molecule has 0 saturated carbocycles. The molecule has 0 unspecified atom stereocenters. The highest BCUT2D eigenvalue weighted by Crippen LogP contribution is 2.43. The van der Waals surface area contributed by atoms with Crippen LogP contribution in [0.15, 0.2) is 30.3 Å². The largest absolute Gasteiger partial charge is 0.507 e. The number of hydrogen-bond donors (Lipinski definition) is 3. The first kappa shape index (κ1) is 18.0. The minimum atomic E-state index is -2.90. The van der Waals surface area contributed by atoms with Crippen LogP contribution in [0.2, 0.25) is 0 Å². The van der Waals surface area contributed by atoms with E-state index in [9.17, 15) is 24.9 Å². The van der Waals surface area contributed by atoms with Crippen LogP contribution in [0.25, 0.3) is 10.8 Å². The standard InChI is InChI=1S/C19H16O7/c1-3-18(23)17(22)14-13(16(21)19(18,24)9-26-10-25-2)8-11-6-4-5-7-12(11)15(14)20/h1,4-8,20,23-24H,9-10H2,2H3/t18-,19+/m0/s1. The summed E-state index contributed by atoms with van der Waals surface area (Å²) in [6.45, 7) is -1.06. The predicted octanol–water partition coefficient (Wildman–Crippen LogP) is 0.640. The highest BCUT2D eigenvalue weighted by atomic mass is 16.7. The fourth-order valence-corrected chi connectivity index (χ4v) is 3.12. The zero-order valence-corrected chi connectivity index (χ0v) is 13.9. The number of carbonyl (C=O) groups is 2. The molecular weight excluding hydrogens is 340 g/mol. The summed E-state index contributed by atoms with van der Waals surface area (Å²) < 4.78 is 9.70. The lowest BCUT2D eigenvalue weighted by molar-refractivity contribution is -0.135. The van der Waals surface area contributed by atoms with Crippen LogP contribution < -0.4 is 0 Å². The van der Waals surface area contributed by atoms with Crippen molar-refractivity contribution in [3.63, 3.8) is 0 Å². The molecule has 0 saturated heterocycles. The number of aliphatic hydroxyl groups is 2. The van der Waals surface area contributed by atoms with E-state index in [1.54, 1.807) is 30.2 Å². The van der Waals surface area contributed by atoms with E-state index in [-0.39, 0.29) is 12.4 Å². The van der Waals surface area contributed by atoms with Gasteiger partial charge in [-0.05, 0) is 11.5 Å². The van der Waals surface area contributed by atoms with Gasteiger partial charge in [0, 0.05) is 18.1 Å². The van der Waals surface area contributed by atoms with E-state index < -0.39 is 40.7 Å². The molecule has 3 N–H and O–H groups in total. The Morgan fingerprint density at radius 2 is 1.88 bits per heavy atom. The number of rotatable bonds is 4. The number of fused-ring (bicyclic) bond motifs is 2. The first-order chi connectivity index (χ1) is 12.3. The molecule has 0 bridgehead atoms. The van der Waals surface area contributed by atoms with Crippen LogP contribution >= 0.6 is 0 Å². The van der Waals surface area contributed by atoms with Crippen molar-refractivity contribution in [1.29, 1.82) is 0 Å². The fraction of sp³-hybridized carbons (Fsp3) is 0.263. The van der Waals surface area contributed by atoms with Crippen molar-refractivity contribution < 1.29 is 34.4 Å². The number of benzene rings is 2. The van der Waals surface area contributed by atoms with Crippen molar-refractivity contribution in [2.45, 2.75) is 11.2 Å². The number of hydrogen-bond acceptors (Lipinski definition) is 7. The Hall–Kier alpha value is -2.76. The third kappa shape index (κ3) is 2.25. The topological polar surface area (TPSA) is 113 Å². The number of carbonyl (C=O) groups excluding carboxylic acids is 2. The second-order valence-electron chi connectivity index (χ2n) is 6.00. The summed E-state index contributed by atoms with van der Waals surface area (Å²) in [5, 5.41) is 32.8. The minimum absolute atomic E-state index is 0.241. The summed E-state index contributed by atoms with van der Waals surface area (Å²) in [5.41, 5.74) is -6.29. The average Bonchev–Trinajstić information content (AvgIpc) is 2.65. The smallest absolute Gasteiger partial charge is 0.228 e. The third-order valence-corrected chi connectivity index (χ3v) is 4.52. The molecule has 7 nitrogen and oxygen atoms in total. The van der Waals surface area contributed by atoms with Gasteiger partial charge < -0.3 is 24.8 Å². The molecule has 0 aliphatic heterocycles. The van der Waals surface area contributed by atoms with Gasteiger partial charge in [0.1, 0.15) is 12.5 Å². The Morgan fingerprint density at radius 3 is 2.54 bits per heavy atom. The zero-order chi connectivity index (χ0) is 19.1. The van der Waals surface area contributed by atoms with E-state index in [0.29, 0.717) is 10.8 Å². The molecule has 0 amide bonds. The highest BCUT2D eigenvalue weighted by molar-refractivity contribution is 6.26. The van der Waals surface area contributed by atoms with Gasteiger partial charge in [-0.1, -0.05) is 30.2 Å². The molecule has 7 heteroatoms. The van der Waals surface area contributed by atoms with E-state index >= 15 is 0 Å². The molecule has 2 aromatic rings. The monoisotopic (exact) mass is 356 g/mol. The second kappa shape index (κ2) is 6.20. The molecule has 2 atom stereocenters. The average molecular weight is 356 g/mol. The van der Waals surface area contributed by atoms with E-state index in [2.05, 4.69) is 4.74 Å². The quantitative estimate of drug-likeness (QED) is 0.418. The van der Waals surface area contributed by atoms with Gasteiger partial charge in [-0.25, -0.2) is 0 Å². The molecule has 0 radical (unpaired) electrons. The van der Waals surface area contributed by atoms with Gasteiger partial charge >= 0.3 is 0 Å². The number of Topliss-reactive ketones (excluding diaryl/α,β-unsaturated/α-hetero) is 2. The Bertz CT molecular complexity index is 958. The maximum atomic E-state index is 13.0. The van der Waals surface area contributed by atoms with Crippen LogP contribution in [0.1, 0.15) is 20.7 Å². The normalized spacial score (nSPS) is 25.2. The molecule has 0 spiro atoms. The zero-order valence-electron chi connectivity index (χ0n) is 13.9. The van der Waals surface area contributed by atoms with Crippen molar-refractivity contribution >= 4 is 22.3 Å². The summed E-state index contributed by atoms with van der Waals surface area (Å²) in [7, 11) is 1.32. The Kier molecular flexibility index (Phi) is 4.30. The van der Waals surface area contributed by atoms with Gasteiger partial charge in [0.05, 0.1) is 12.2 Å². The number of ketones is 2. The van der Waals surface area contributed by atoms with E-state index in [1.165, 1.54) is 13.2 Å². The van der Waals surface area contributed by atoms with Gasteiger partial charge in [0.15, 0.2) is 5.60 Å². The van der Waals surface area contributed by atoms with E-state index in [1.807, 2.05) is 0 Å². The Labute approximate surface area is 148 Å². The summed E-state index contributed by atoms with van der Waals surface area (Å²) in [6, 6.07) is 7.89. The van der Waals surface area contributed by atoms with Crippen molar-refractivity contribution in [3.8, 4) is 18.1 Å². The molecule has 26 heavy (non-hydrogen) atoms. The summed E-state index contributed by atoms with van der Waals surface area (Å²) >= 11 is 0. The van der Waals surface area contributed by atoms with E-state index in [4.69, 9.17) is 11.2 Å². The van der Waals surface area contributed by atoms with Crippen molar-refractivity contribution in [1.82, 2.24) is 0 Å². The lowest BCUT2D eigenvalue weighted by atomic mass is 9.67. The van der Waals surface area contributed by atoms with Crippen molar-refractivity contribution in [3.05, 3.63) is 41.5 Å². The first-order valence-electron chi connectivity index (χ1n) is 7.65. The molecule has 2 aromatic carbocycles. The van der Waals surface area contributed by atoms with Crippen LogP contribution in [0, 0.1) is 12.3 Å². The van der Waals surface area contributed by atoms with Crippen LogP contribution in [-0.2, 0) is 9.47 Å². The Morgan fingerprint density at radius 1 is 1.19 bits per heavy atom. The number of aromatic hydroxyl groups is 1. The molecule has 3 rings (SSSR count). The maximum absolute atomic E-state index is 13.0. The number of methoxy groups -OCH3 is 1. The number of ether oxygens (including phenoxy) is 2. The van der Waals surface area contributed by atoms with Gasteiger partial charge in [-0.15, -0.1) is 6.42 Å². The molecule has 1 aliphatic carbocycles. The van der Waals surface area contributed by atoms with Gasteiger partial charge in [0.2, 0.25) is 17.2 Å². The summed E-state index contributed by atoms with van der Waals surface area (Å²) in [6.07, 6.45) is 5.29. The lowest BCUT2D eigenvalue weighted by Crippen LogP contribution is -2.68. The Balaban J connectivity index is 2.28. The van der Waals surface area contributed by atoms with Crippen LogP contribution in [0.3, 0.4) is 0 Å². The number of phenolic OH excluding ortho intramolecular Hbond substituents is 1. The molecule has 0 aromatic heterocycles. The van der Waals surface area contributed by atoms with Crippen LogP contribution in [-0.4, -0.2) is 58.6 Å². The predicted molar refractivity (Wildman–Crippen MR) is 90.8 cm³/mol. The lowest BCUT2D eigenvalue weighted by Gasteiger charge is -2.41. The second-order valence-corrected chi connectivity index (χ2v) is 6.00. The van der Waals surface area contributed by atoms with Crippen LogP contribution in [0.4, 0.5) is 0 Å². The highest BCUT2D eigenvalue weighted by Gasteiger charge is 2.64. The number of phenols is 1. The molecule has 0 heterocycles. The van der Waals surface area contributed by atoms with Crippen molar-refractivity contribution in [2.24, 2.45) is 0 Å². The molecular formula is C19H16O7. The summed E-state index contributed by atoms with van der Waals surface area (Å²) in [5.74, 6) is -0.859.